The number of carbonyl (C=O) groups is 2. The van der Waals surface area contributed by atoms with Crippen LogP contribution in [0.4, 0.5) is 10.6 Å². The molecule has 36 heavy (non-hydrogen) atoms. The molecule has 0 aromatic carbocycles. The van der Waals surface area contributed by atoms with Gasteiger partial charge < -0.3 is 25.4 Å². The summed E-state index contributed by atoms with van der Waals surface area (Å²) in [6, 6.07) is 10.8. The first-order valence-corrected chi connectivity index (χ1v) is 13.0. The summed E-state index contributed by atoms with van der Waals surface area (Å²) in [5, 5.41) is 16.2. The van der Waals surface area contributed by atoms with Crippen LogP contribution in [0.15, 0.2) is 42.6 Å². The highest BCUT2D eigenvalue weighted by Crippen LogP contribution is 2.57. The van der Waals surface area contributed by atoms with Crippen LogP contribution >= 0.6 is 0 Å². The zero-order chi connectivity index (χ0) is 24.8. The minimum Gasteiger partial charge on any atom is -0.394 e. The smallest absolute Gasteiger partial charge is 0.394 e. The van der Waals surface area contributed by atoms with Gasteiger partial charge in [-0.15, -0.1) is 0 Å². The molecule has 2 amide bonds. The fourth-order valence-electron chi connectivity index (χ4n) is 7.64. The standard InChI is InChI=1S/C27H33N5O4/c33-16-20-5-4-10-32(20)22-7-3-8-23(29-22)36-25(35)31-27-14-18-11-19(15-27)13-26(12-18,17-27)30-24(34)21-6-1-2-9-28-21/h1-3,6-9,18-20,33H,4-5,10-17H2,(H,30,34)(H,31,35)/t18?,19?,20-,26?,27?/m1/s1. The number of amides is 2. The van der Waals surface area contributed by atoms with Gasteiger partial charge in [0.2, 0.25) is 5.88 Å². The molecule has 1 aliphatic heterocycles. The molecule has 2 aromatic rings. The predicted molar refractivity (Wildman–Crippen MR) is 133 cm³/mol. The van der Waals surface area contributed by atoms with Crippen molar-refractivity contribution in [2.75, 3.05) is 18.1 Å². The molecule has 2 unspecified atom stereocenters. The molecular weight excluding hydrogens is 458 g/mol. The van der Waals surface area contributed by atoms with Crippen molar-refractivity contribution < 1.29 is 19.4 Å². The summed E-state index contributed by atoms with van der Waals surface area (Å²) in [4.78, 5) is 36.9. The maximum atomic E-state index is 13.1. The Hall–Kier alpha value is -3.20. The van der Waals surface area contributed by atoms with E-state index < -0.39 is 11.6 Å². The Morgan fingerprint density at radius 3 is 2.56 bits per heavy atom. The third-order valence-electron chi connectivity index (χ3n) is 8.49. The first-order chi connectivity index (χ1) is 17.4. The molecule has 9 nitrogen and oxygen atoms in total. The largest absolute Gasteiger partial charge is 0.414 e. The van der Waals surface area contributed by atoms with Gasteiger partial charge in [0, 0.05) is 29.9 Å². The first-order valence-electron chi connectivity index (χ1n) is 13.0. The van der Waals surface area contributed by atoms with Crippen LogP contribution in [0.3, 0.4) is 0 Å². The van der Waals surface area contributed by atoms with E-state index in [4.69, 9.17) is 4.74 Å². The molecule has 4 saturated carbocycles. The van der Waals surface area contributed by atoms with Crippen molar-refractivity contribution in [1.29, 1.82) is 0 Å². The summed E-state index contributed by atoms with van der Waals surface area (Å²) in [6.45, 7) is 0.906. The number of aliphatic hydroxyl groups excluding tert-OH is 1. The number of anilines is 1. The zero-order valence-corrected chi connectivity index (χ0v) is 20.4. The van der Waals surface area contributed by atoms with E-state index in [9.17, 15) is 14.7 Å². The Bertz CT molecular complexity index is 1130. The quantitative estimate of drug-likeness (QED) is 0.569. The highest BCUT2D eigenvalue weighted by Gasteiger charge is 2.59. The van der Waals surface area contributed by atoms with Crippen molar-refractivity contribution in [3.63, 3.8) is 0 Å². The molecule has 5 fully saturated rings. The van der Waals surface area contributed by atoms with Gasteiger partial charge in [-0.2, -0.15) is 4.98 Å². The maximum Gasteiger partial charge on any atom is 0.414 e. The van der Waals surface area contributed by atoms with Crippen LogP contribution in [-0.4, -0.2) is 57.3 Å². The average Bonchev–Trinajstić information content (AvgIpc) is 3.32. The van der Waals surface area contributed by atoms with E-state index >= 15 is 0 Å². The fraction of sp³-hybridized carbons (Fsp3) is 0.556. The molecule has 4 bridgehead atoms. The number of nitrogens with zero attached hydrogens (tertiary/aromatic N) is 3. The van der Waals surface area contributed by atoms with Crippen LogP contribution in [0.5, 0.6) is 5.88 Å². The van der Waals surface area contributed by atoms with Crippen LogP contribution in [-0.2, 0) is 0 Å². The van der Waals surface area contributed by atoms with E-state index in [1.807, 2.05) is 18.2 Å². The Labute approximate surface area is 210 Å². The lowest BCUT2D eigenvalue weighted by Crippen LogP contribution is -2.70. The minimum absolute atomic E-state index is 0.0473. The summed E-state index contributed by atoms with van der Waals surface area (Å²) in [5.74, 6) is 1.73. The minimum atomic E-state index is -0.507. The lowest BCUT2D eigenvalue weighted by molar-refractivity contribution is -0.0450. The molecule has 190 valence electrons. The Balaban J connectivity index is 1.15. The Morgan fingerprint density at radius 2 is 1.83 bits per heavy atom. The Kier molecular flexibility index (Phi) is 5.82. The van der Waals surface area contributed by atoms with Crippen LogP contribution in [0.2, 0.25) is 0 Å². The van der Waals surface area contributed by atoms with Gasteiger partial charge in [-0.1, -0.05) is 12.1 Å². The molecule has 3 atom stereocenters. The van der Waals surface area contributed by atoms with E-state index in [1.54, 1.807) is 24.4 Å². The van der Waals surface area contributed by atoms with Crippen molar-refractivity contribution >= 4 is 17.8 Å². The van der Waals surface area contributed by atoms with Gasteiger partial charge in [-0.3, -0.25) is 9.78 Å². The van der Waals surface area contributed by atoms with Crippen molar-refractivity contribution in [3.05, 3.63) is 48.3 Å². The topological polar surface area (TPSA) is 117 Å². The van der Waals surface area contributed by atoms with E-state index in [1.165, 1.54) is 0 Å². The van der Waals surface area contributed by atoms with Crippen LogP contribution in [0.1, 0.15) is 61.9 Å². The normalized spacial score (nSPS) is 32.4. The van der Waals surface area contributed by atoms with Crippen LogP contribution < -0.4 is 20.3 Å². The number of pyridine rings is 2. The van der Waals surface area contributed by atoms with E-state index in [0.29, 0.717) is 29.8 Å². The van der Waals surface area contributed by atoms with Gasteiger partial charge in [-0.25, -0.2) is 4.79 Å². The van der Waals surface area contributed by atoms with Gasteiger partial charge in [0.05, 0.1) is 12.6 Å². The lowest BCUT2D eigenvalue weighted by atomic mass is 9.50. The molecule has 2 aromatic heterocycles. The second-order valence-electron chi connectivity index (χ2n) is 11.2. The molecule has 3 N–H and O–H groups in total. The summed E-state index contributed by atoms with van der Waals surface area (Å²) >= 11 is 0. The number of carbonyl (C=O) groups excluding carboxylic acids is 2. The van der Waals surface area contributed by atoms with Gasteiger partial charge in [0.25, 0.3) is 5.91 Å². The van der Waals surface area contributed by atoms with Crippen LogP contribution in [0.25, 0.3) is 0 Å². The molecule has 0 spiro atoms. The van der Waals surface area contributed by atoms with E-state index in [-0.39, 0.29) is 30.0 Å². The number of ether oxygens (including phenoxy) is 1. The van der Waals surface area contributed by atoms with Crippen molar-refractivity contribution in [1.82, 2.24) is 20.6 Å². The van der Waals surface area contributed by atoms with Gasteiger partial charge >= 0.3 is 6.09 Å². The van der Waals surface area contributed by atoms with Gasteiger partial charge in [0.1, 0.15) is 11.5 Å². The molecule has 3 heterocycles. The number of nitrogens with one attached hydrogen (secondary N) is 2. The summed E-state index contributed by atoms with van der Waals surface area (Å²) < 4.78 is 5.66. The second kappa shape index (κ2) is 9.03. The summed E-state index contributed by atoms with van der Waals surface area (Å²) in [5.41, 5.74) is -0.311. The average molecular weight is 492 g/mol. The monoisotopic (exact) mass is 491 g/mol. The molecule has 0 radical (unpaired) electrons. The molecule has 4 aliphatic carbocycles. The van der Waals surface area contributed by atoms with E-state index in [0.717, 1.165) is 51.5 Å². The third-order valence-corrected chi connectivity index (χ3v) is 8.49. The van der Waals surface area contributed by atoms with Crippen molar-refractivity contribution in [2.24, 2.45) is 11.8 Å². The Morgan fingerprint density at radius 1 is 1.06 bits per heavy atom. The number of aromatic nitrogens is 2. The highest BCUT2D eigenvalue weighted by atomic mass is 16.6. The SMILES string of the molecule is O=C(NC12CC3CC(C1)CC(NC(=O)c1ccccn1)(C3)C2)Oc1cccc(N2CCC[C@@H]2CO)n1. The molecule has 7 rings (SSSR count). The van der Waals surface area contributed by atoms with Gasteiger partial charge in [-0.05, 0) is 81.4 Å². The lowest BCUT2D eigenvalue weighted by Gasteiger charge is -2.61. The number of rotatable bonds is 6. The van der Waals surface area contributed by atoms with Crippen LogP contribution in [0, 0.1) is 11.8 Å². The molecule has 1 saturated heterocycles. The van der Waals surface area contributed by atoms with Crippen molar-refractivity contribution in [3.8, 4) is 5.88 Å². The molecule has 9 heteroatoms. The second-order valence-corrected chi connectivity index (χ2v) is 11.2. The number of hydrogen-bond donors (Lipinski definition) is 3. The van der Waals surface area contributed by atoms with E-state index in [2.05, 4.69) is 25.5 Å². The third kappa shape index (κ3) is 4.40. The number of hydrogen-bond acceptors (Lipinski definition) is 7. The summed E-state index contributed by atoms with van der Waals surface area (Å²) in [7, 11) is 0. The zero-order valence-electron chi connectivity index (χ0n) is 20.4. The fourth-order valence-corrected chi connectivity index (χ4v) is 7.64. The highest BCUT2D eigenvalue weighted by molar-refractivity contribution is 5.92. The van der Waals surface area contributed by atoms with Gasteiger partial charge in [0.15, 0.2) is 0 Å². The number of aliphatic hydroxyl groups is 1. The predicted octanol–water partition coefficient (Wildman–Crippen LogP) is 3.05. The molecular formula is C27H33N5O4. The molecule has 5 aliphatic rings. The first kappa shape index (κ1) is 23.2. The maximum absolute atomic E-state index is 13.1. The summed E-state index contributed by atoms with van der Waals surface area (Å²) in [6.07, 6.45) is 8.56. The van der Waals surface area contributed by atoms with Crippen molar-refractivity contribution in [2.45, 2.75) is 68.5 Å².